The van der Waals surface area contributed by atoms with Gasteiger partial charge in [0, 0.05) is 11.8 Å². The van der Waals surface area contributed by atoms with Gasteiger partial charge in [-0.3, -0.25) is 4.79 Å². The van der Waals surface area contributed by atoms with Crippen molar-refractivity contribution in [3.8, 4) is 0 Å². The summed E-state index contributed by atoms with van der Waals surface area (Å²) in [5.41, 5.74) is -0.605. The Kier molecular flexibility index (Phi) is 2.17. The highest BCUT2D eigenvalue weighted by Crippen LogP contribution is 2.52. The zero-order valence-electron chi connectivity index (χ0n) is 9.24. The summed E-state index contributed by atoms with van der Waals surface area (Å²) in [5, 5.41) is 10.8. The van der Waals surface area contributed by atoms with E-state index in [-0.39, 0.29) is 5.92 Å². The molecule has 84 valence electrons. The number of rotatable bonds is 0. The van der Waals surface area contributed by atoms with Crippen molar-refractivity contribution >= 4 is 5.78 Å². The van der Waals surface area contributed by atoms with Crippen LogP contribution in [0.1, 0.15) is 51.4 Å². The second-order valence-corrected chi connectivity index (χ2v) is 5.75. The first kappa shape index (κ1) is 9.83. The van der Waals surface area contributed by atoms with Crippen LogP contribution in [0.3, 0.4) is 0 Å². The van der Waals surface area contributed by atoms with Crippen LogP contribution in [0.15, 0.2) is 0 Å². The first-order valence-corrected chi connectivity index (χ1v) is 6.48. The predicted molar refractivity (Wildman–Crippen MR) is 57.4 cm³/mol. The fraction of sp³-hybridized carbons (Fsp3) is 0.923. The van der Waals surface area contributed by atoms with Crippen molar-refractivity contribution in [1.29, 1.82) is 0 Å². The van der Waals surface area contributed by atoms with Gasteiger partial charge in [0.2, 0.25) is 0 Å². The van der Waals surface area contributed by atoms with Crippen LogP contribution in [0.25, 0.3) is 0 Å². The second-order valence-electron chi connectivity index (χ2n) is 5.75. The minimum Gasteiger partial charge on any atom is -0.389 e. The third kappa shape index (κ3) is 1.30. The van der Waals surface area contributed by atoms with Crippen molar-refractivity contribution in [3.05, 3.63) is 0 Å². The minimum atomic E-state index is -0.605. The summed E-state index contributed by atoms with van der Waals surface area (Å²) in [6.45, 7) is 0. The Morgan fingerprint density at radius 3 is 2.87 bits per heavy atom. The maximum atomic E-state index is 12.1. The molecule has 3 rings (SSSR count). The number of hydrogen-bond donors (Lipinski definition) is 1. The molecule has 0 amide bonds. The molecule has 3 fully saturated rings. The van der Waals surface area contributed by atoms with Gasteiger partial charge in [-0.1, -0.05) is 19.3 Å². The van der Waals surface area contributed by atoms with Crippen LogP contribution >= 0.6 is 0 Å². The summed E-state index contributed by atoms with van der Waals surface area (Å²) in [6, 6.07) is 0. The molecule has 3 aliphatic carbocycles. The van der Waals surface area contributed by atoms with E-state index in [1.54, 1.807) is 0 Å². The van der Waals surface area contributed by atoms with Crippen molar-refractivity contribution in [3.63, 3.8) is 0 Å². The topological polar surface area (TPSA) is 37.3 Å². The van der Waals surface area contributed by atoms with E-state index in [0.29, 0.717) is 17.6 Å². The molecular weight excluding hydrogens is 188 g/mol. The Morgan fingerprint density at radius 1 is 1.13 bits per heavy atom. The molecule has 15 heavy (non-hydrogen) atoms. The van der Waals surface area contributed by atoms with Gasteiger partial charge in [-0.2, -0.15) is 0 Å². The highest BCUT2D eigenvalue weighted by Gasteiger charge is 2.55. The molecule has 0 aromatic carbocycles. The summed E-state index contributed by atoms with van der Waals surface area (Å²) in [6.07, 6.45) is 8.55. The SMILES string of the molecule is O=C1[C@H]2CCC[C@H]1[C@@]1(O)CCCC[C@H]1C2. The molecule has 0 radical (unpaired) electrons. The van der Waals surface area contributed by atoms with E-state index in [1.165, 1.54) is 6.42 Å². The molecule has 2 heteroatoms. The normalized spacial score (nSPS) is 49.9. The van der Waals surface area contributed by atoms with Crippen LogP contribution in [0.4, 0.5) is 0 Å². The van der Waals surface area contributed by atoms with E-state index in [4.69, 9.17) is 0 Å². The molecule has 0 aliphatic heterocycles. The average Bonchev–Trinajstić information content (AvgIpc) is 2.21. The monoisotopic (exact) mass is 208 g/mol. The lowest BCUT2D eigenvalue weighted by Gasteiger charge is -2.52. The van der Waals surface area contributed by atoms with E-state index in [1.807, 2.05) is 0 Å². The summed E-state index contributed by atoms with van der Waals surface area (Å²) >= 11 is 0. The summed E-state index contributed by atoms with van der Waals surface area (Å²) in [5.74, 6) is 1.11. The molecule has 2 bridgehead atoms. The zero-order chi connectivity index (χ0) is 10.5. The lowest BCUT2D eigenvalue weighted by molar-refractivity contribution is -0.167. The molecule has 0 saturated heterocycles. The van der Waals surface area contributed by atoms with Crippen LogP contribution in [0.5, 0.6) is 0 Å². The van der Waals surface area contributed by atoms with E-state index in [0.717, 1.165) is 44.9 Å². The van der Waals surface area contributed by atoms with Crippen LogP contribution < -0.4 is 0 Å². The van der Waals surface area contributed by atoms with Crippen LogP contribution in [-0.4, -0.2) is 16.5 Å². The Hall–Kier alpha value is -0.370. The lowest BCUT2D eigenvalue weighted by Crippen LogP contribution is -2.57. The molecule has 3 aliphatic rings. The first-order chi connectivity index (χ1) is 7.22. The molecule has 3 saturated carbocycles. The number of fused-ring (bicyclic) bond motifs is 4. The number of aliphatic hydroxyl groups is 1. The summed E-state index contributed by atoms with van der Waals surface area (Å²) in [4.78, 5) is 12.1. The molecule has 4 atom stereocenters. The van der Waals surface area contributed by atoms with Crippen molar-refractivity contribution in [1.82, 2.24) is 0 Å². The third-order valence-corrected chi connectivity index (χ3v) is 5.05. The summed E-state index contributed by atoms with van der Waals surface area (Å²) < 4.78 is 0. The van der Waals surface area contributed by atoms with Crippen LogP contribution in [0.2, 0.25) is 0 Å². The van der Waals surface area contributed by atoms with Crippen LogP contribution in [-0.2, 0) is 4.79 Å². The second kappa shape index (κ2) is 3.31. The number of carbonyl (C=O) groups excluding carboxylic acids is 1. The van der Waals surface area contributed by atoms with Gasteiger partial charge in [-0.15, -0.1) is 0 Å². The summed E-state index contributed by atoms with van der Waals surface area (Å²) in [7, 11) is 0. The van der Waals surface area contributed by atoms with Crippen LogP contribution in [0, 0.1) is 17.8 Å². The smallest absolute Gasteiger partial charge is 0.141 e. The Balaban J connectivity index is 1.94. The highest BCUT2D eigenvalue weighted by molar-refractivity contribution is 5.86. The van der Waals surface area contributed by atoms with Crippen molar-refractivity contribution in [2.45, 2.75) is 57.0 Å². The number of ketones is 1. The maximum absolute atomic E-state index is 12.1. The average molecular weight is 208 g/mol. The van der Waals surface area contributed by atoms with Crippen molar-refractivity contribution < 1.29 is 9.90 Å². The standard InChI is InChI=1S/C13H20O2/c14-12-9-4-3-6-11(12)13(15)7-2-1-5-10(13)8-9/h9-11,15H,1-8H2/t9-,10-,11+,13+/m0/s1. The number of Topliss-reactive ketones (excluding diaryl/α,β-unsaturated/α-hetero) is 1. The van der Waals surface area contributed by atoms with E-state index in [2.05, 4.69) is 0 Å². The minimum absolute atomic E-state index is 0.00435. The third-order valence-electron chi connectivity index (χ3n) is 5.05. The van der Waals surface area contributed by atoms with Gasteiger partial charge in [-0.25, -0.2) is 0 Å². The Morgan fingerprint density at radius 2 is 2.00 bits per heavy atom. The van der Waals surface area contributed by atoms with Gasteiger partial charge in [0.25, 0.3) is 0 Å². The molecule has 0 heterocycles. The molecule has 2 nitrogen and oxygen atoms in total. The van der Waals surface area contributed by atoms with E-state index < -0.39 is 5.60 Å². The predicted octanol–water partition coefficient (Wildman–Crippen LogP) is 2.30. The van der Waals surface area contributed by atoms with E-state index >= 15 is 0 Å². The largest absolute Gasteiger partial charge is 0.389 e. The quantitative estimate of drug-likeness (QED) is 0.663. The first-order valence-electron chi connectivity index (χ1n) is 6.48. The molecule has 0 aromatic heterocycles. The van der Waals surface area contributed by atoms with Crippen molar-refractivity contribution in [2.24, 2.45) is 17.8 Å². The van der Waals surface area contributed by atoms with Gasteiger partial charge in [0.15, 0.2) is 0 Å². The lowest BCUT2D eigenvalue weighted by atomic mass is 9.55. The number of hydrogen-bond acceptors (Lipinski definition) is 2. The molecule has 1 N–H and O–H groups in total. The number of carbonyl (C=O) groups is 1. The van der Waals surface area contributed by atoms with Crippen molar-refractivity contribution in [2.75, 3.05) is 0 Å². The molecule has 0 aromatic rings. The highest BCUT2D eigenvalue weighted by atomic mass is 16.3. The van der Waals surface area contributed by atoms with Gasteiger partial charge >= 0.3 is 0 Å². The fourth-order valence-electron chi connectivity index (χ4n) is 4.24. The maximum Gasteiger partial charge on any atom is 0.141 e. The molecular formula is C13H20O2. The van der Waals surface area contributed by atoms with E-state index in [9.17, 15) is 9.90 Å². The van der Waals surface area contributed by atoms with Gasteiger partial charge in [-0.05, 0) is 38.0 Å². The molecule has 0 unspecified atom stereocenters. The molecule has 0 spiro atoms. The van der Waals surface area contributed by atoms with Gasteiger partial charge < -0.3 is 5.11 Å². The Bertz CT molecular complexity index is 286. The van der Waals surface area contributed by atoms with Gasteiger partial charge in [0.05, 0.1) is 5.60 Å². The Labute approximate surface area is 91.1 Å². The van der Waals surface area contributed by atoms with Gasteiger partial charge in [0.1, 0.15) is 5.78 Å². The zero-order valence-corrected chi connectivity index (χ0v) is 9.24. The fourth-order valence-corrected chi connectivity index (χ4v) is 4.24.